The Labute approximate surface area is 125 Å². The topological polar surface area (TPSA) is 29.5 Å². The van der Waals surface area contributed by atoms with Gasteiger partial charge >= 0.3 is 5.97 Å². The maximum atomic E-state index is 11.7. The van der Waals surface area contributed by atoms with Gasteiger partial charge in [0.1, 0.15) is 6.04 Å². The second kappa shape index (κ2) is 7.14. The average Bonchev–Trinajstić information content (AvgIpc) is 2.90. The van der Waals surface area contributed by atoms with Gasteiger partial charge in [0.25, 0.3) is 0 Å². The normalized spacial score (nSPS) is 19.2. The molecular weight excluding hydrogens is 270 g/mol. The van der Waals surface area contributed by atoms with Crippen LogP contribution in [0, 0.1) is 13.8 Å². The quantitative estimate of drug-likeness (QED) is 0.616. The predicted molar refractivity (Wildman–Crippen MR) is 83.3 cm³/mol. The highest BCUT2D eigenvalue weighted by Crippen LogP contribution is 2.23. The number of methoxy groups -OCH3 is 1. The molecule has 1 saturated heterocycles. The summed E-state index contributed by atoms with van der Waals surface area (Å²) in [6.45, 7) is 6.23. The fraction of sp³-hybridized carbons (Fsp3) is 0.562. The van der Waals surface area contributed by atoms with Crippen molar-refractivity contribution < 1.29 is 9.53 Å². The lowest BCUT2D eigenvalue weighted by atomic mass is 10.1. The Morgan fingerprint density at radius 1 is 1.40 bits per heavy atom. The zero-order valence-electron chi connectivity index (χ0n) is 12.5. The molecule has 2 rings (SSSR count). The summed E-state index contributed by atoms with van der Waals surface area (Å²) in [5.41, 5.74) is 2.67. The van der Waals surface area contributed by atoms with Crippen LogP contribution in [-0.4, -0.2) is 42.9 Å². The molecule has 1 heterocycles. The molecule has 1 unspecified atom stereocenters. The van der Waals surface area contributed by atoms with Crippen molar-refractivity contribution in [3.05, 3.63) is 29.3 Å². The summed E-state index contributed by atoms with van der Waals surface area (Å²) in [7, 11) is 1.47. The van der Waals surface area contributed by atoms with Gasteiger partial charge in [0.15, 0.2) is 0 Å². The molecule has 0 bridgehead atoms. The third kappa shape index (κ3) is 3.76. The second-order valence-corrected chi connectivity index (χ2v) is 6.48. The van der Waals surface area contributed by atoms with E-state index in [2.05, 4.69) is 36.9 Å². The van der Waals surface area contributed by atoms with Crippen LogP contribution >= 0.6 is 11.8 Å². The van der Waals surface area contributed by atoms with Gasteiger partial charge in [-0.25, -0.2) is 0 Å². The number of hydrogen-bond donors (Lipinski definition) is 0. The SMILES string of the molecule is COC(=O)C1CCCN1CCSc1ccc(C)c(C)c1. The van der Waals surface area contributed by atoms with Crippen molar-refractivity contribution in [1.82, 2.24) is 4.90 Å². The van der Waals surface area contributed by atoms with E-state index in [9.17, 15) is 4.79 Å². The second-order valence-electron chi connectivity index (χ2n) is 5.31. The molecule has 1 fully saturated rings. The van der Waals surface area contributed by atoms with Gasteiger partial charge in [-0.15, -0.1) is 11.8 Å². The fourth-order valence-electron chi connectivity index (χ4n) is 2.58. The Kier molecular flexibility index (Phi) is 5.49. The van der Waals surface area contributed by atoms with E-state index in [1.807, 2.05) is 11.8 Å². The van der Waals surface area contributed by atoms with Crippen LogP contribution in [0.3, 0.4) is 0 Å². The van der Waals surface area contributed by atoms with Crippen molar-refractivity contribution in [3.8, 4) is 0 Å². The number of aryl methyl sites for hydroxylation is 2. The van der Waals surface area contributed by atoms with Crippen LogP contribution in [0.5, 0.6) is 0 Å². The van der Waals surface area contributed by atoms with Crippen molar-refractivity contribution in [3.63, 3.8) is 0 Å². The number of benzene rings is 1. The lowest BCUT2D eigenvalue weighted by Gasteiger charge is -2.21. The molecule has 0 N–H and O–H groups in total. The number of esters is 1. The molecule has 1 aromatic rings. The van der Waals surface area contributed by atoms with E-state index in [1.165, 1.54) is 23.1 Å². The van der Waals surface area contributed by atoms with E-state index in [4.69, 9.17) is 4.74 Å². The molecular formula is C16H23NO2S. The fourth-order valence-corrected chi connectivity index (χ4v) is 3.57. The maximum absolute atomic E-state index is 11.7. The van der Waals surface area contributed by atoms with Crippen molar-refractivity contribution >= 4 is 17.7 Å². The van der Waals surface area contributed by atoms with Gasteiger partial charge in [-0.1, -0.05) is 6.07 Å². The molecule has 1 atom stereocenters. The Hall–Kier alpha value is -1.00. The molecule has 1 aliphatic rings. The summed E-state index contributed by atoms with van der Waals surface area (Å²) in [4.78, 5) is 15.2. The maximum Gasteiger partial charge on any atom is 0.323 e. The summed E-state index contributed by atoms with van der Waals surface area (Å²) in [6.07, 6.45) is 2.02. The molecule has 1 aromatic carbocycles. The first kappa shape index (κ1) is 15.4. The molecule has 0 radical (unpaired) electrons. The monoisotopic (exact) mass is 293 g/mol. The largest absolute Gasteiger partial charge is 0.468 e. The highest BCUT2D eigenvalue weighted by molar-refractivity contribution is 7.99. The van der Waals surface area contributed by atoms with Gasteiger partial charge < -0.3 is 4.74 Å². The highest BCUT2D eigenvalue weighted by atomic mass is 32.2. The molecule has 0 amide bonds. The van der Waals surface area contributed by atoms with E-state index >= 15 is 0 Å². The van der Waals surface area contributed by atoms with Gasteiger partial charge in [-0.3, -0.25) is 9.69 Å². The number of nitrogens with zero attached hydrogens (tertiary/aromatic N) is 1. The first-order chi connectivity index (χ1) is 9.61. The first-order valence-electron chi connectivity index (χ1n) is 7.13. The Balaban J connectivity index is 1.83. The predicted octanol–water partition coefficient (Wildman–Crippen LogP) is 3.03. The van der Waals surface area contributed by atoms with Crippen LogP contribution in [0.1, 0.15) is 24.0 Å². The molecule has 110 valence electrons. The number of carbonyl (C=O) groups is 1. The van der Waals surface area contributed by atoms with Crippen molar-refractivity contribution in [2.75, 3.05) is 26.0 Å². The minimum absolute atomic E-state index is 0.0275. The lowest BCUT2D eigenvalue weighted by molar-refractivity contribution is -0.145. The lowest BCUT2D eigenvalue weighted by Crippen LogP contribution is -2.38. The standard InChI is InChI=1S/C16H23NO2S/c1-12-6-7-14(11-13(12)2)20-10-9-17-8-4-5-15(17)16(18)19-3/h6-7,11,15H,4-5,8-10H2,1-3H3. The zero-order valence-corrected chi connectivity index (χ0v) is 13.3. The molecule has 0 saturated carbocycles. The van der Waals surface area contributed by atoms with Crippen LogP contribution in [0.25, 0.3) is 0 Å². The molecule has 20 heavy (non-hydrogen) atoms. The minimum atomic E-state index is -0.0846. The van der Waals surface area contributed by atoms with Crippen molar-refractivity contribution in [2.45, 2.75) is 37.6 Å². The van der Waals surface area contributed by atoms with Crippen LogP contribution in [-0.2, 0) is 9.53 Å². The van der Waals surface area contributed by atoms with E-state index in [-0.39, 0.29) is 12.0 Å². The highest BCUT2D eigenvalue weighted by Gasteiger charge is 2.30. The molecule has 4 heteroatoms. The van der Waals surface area contributed by atoms with Gasteiger partial charge in [0.05, 0.1) is 7.11 Å². The number of thioether (sulfide) groups is 1. The Bertz CT molecular complexity index is 476. The number of hydrogen-bond acceptors (Lipinski definition) is 4. The summed E-state index contributed by atoms with van der Waals surface area (Å²) < 4.78 is 4.87. The summed E-state index contributed by atoms with van der Waals surface area (Å²) in [6, 6.07) is 6.56. The van der Waals surface area contributed by atoms with Crippen molar-refractivity contribution in [1.29, 1.82) is 0 Å². The van der Waals surface area contributed by atoms with E-state index in [0.29, 0.717) is 0 Å². The van der Waals surface area contributed by atoms with Gasteiger partial charge in [0.2, 0.25) is 0 Å². The van der Waals surface area contributed by atoms with Gasteiger partial charge in [-0.2, -0.15) is 0 Å². The smallest absolute Gasteiger partial charge is 0.323 e. The van der Waals surface area contributed by atoms with Gasteiger partial charge in [-0.05, 0) is 56.5 Å². The van der Waals surface area contributed by atoms with Crippen LogP contribution in [0.15, 0.2) is 23.1 Å². The third-order valence-corrected chi connectivity index (χ3v) is 4.94. The van der Waals surface area contributed by atoms with E-state index < -0.39 is 0 Å². The van der Waals surface area contributed by atoms with E-state index in [1.54, 1.807) is 0 Å². The summed E-state index contributed by atoms with van der Waals surface area (Å²) in [5, 5.41) is 0. The third-order valence-electron chi connectivity index (χ3n) is 3.96. The number of rotatable bonds is 5. The molecule has 3 nitrogen and oxygen atoms in total. The molecule has 1 aliphatic heterocycles. The molecule has 0 aromatic heterocycles. The Morgan fingerprint density at radius 3 is 2.90 bits per heavy atom. The molecule has 0 aliphatic carbocycles. The number of carbonyl (C=O) groups excluding carboxylic acids is 1. The van der Waals surface area contributed by atoms with Crippen molar-refractivity contribution in [2.24, 2.45) is 0 Å². The van der Waals surface area contributed by atoms with Gasteiger partial charge in [0, 0.05) is 17.2 Å². The van der Waals surface area contributed by atoms with Crippen LogP contribution < -0.4 is 0 Å². The average molecular weight is 293 g/mol. The van der Waals surface area contributed by atoms with Crippen LogP contribution in [0.2, 0.25) is 0 Å². The number of ether oxygens (including phenoxy) is 1. The summed E-state index contributed by atoms with van der Waals surface area (Å²) in [5.74, 6) is 0.925. The zero-order chi connectivity index (χ0) is 14.5. The molecule has 0 spiro atoms. The minimum Gasteiger partial charge on any atom is -0.468 e. The first-order valence-corrected chi connectivity index (χ1v) is 8.12. The number of likely N-dealkylation sites (tertiary alicyclic amines) is 1. The van der Waals surface area contributed by atoms with Crippen LogP contribution in [0.4, 0.5) is 0 Å². The summed E-state index contributed by atoms with van der Waals surface area (Å²) >= 11 is 1.86. The Morgan fingerprint density at radius 2 is 2.20 bits per heavy atom. The van der Waals surface area contributed by atoms with E-state index in [0.717, 1.165) is 31.7 Å².